The van der Waals surface area contributed by atoms with Crippen molar-refractivity contribution in [3.8, 4) is 0 Å². The van der Waals surface area contributed by atoms with Gasteiger partial charge in [-0.15, -0.1) is 0 Å². The first-order valence-corrected chi connectivity index (χ1v) is 7.49. The molecule has 4 N–H and O–H groups in total. The van der Waals surface area contributed by atoms with Gasteiger partial charge in [0.2, 0.25) is 0 Å². The van der Waals surface area contributed by atoms with Crippen LogP contribution in [0.2, 0.25) is 0 Å². The van der Waals surface area contributed by atoms with E-state index < -0.39 is 29.9 Å². The Kier molecular flexibility index (Phi) is 6.96. The van der Waals surface area contributed by atoms with E-state index in [0.717, 1.165) is 5.57 Å². The van der Waals surface area contributed by atoms with Gasteiger partial charge in [0.25, 0.3) is 0 Å². The smallest absolute Gasteiger partial charge is 0.330 e. The lowest BCUT2D eigenvalue weighted by Crippen LogP contribution is -2.36. The Bertz CT molecular complexity index is 525. The maximum absolute atomic E-state index is 11.2. The van der Waals surface area contributed by atoms with Crippen molar-refractivity contribution in [2.45, 2.75) is 38.6 Å². The molecule has 128 valence electrons. The summed E-state index contributed by atoms with van der Waals surface area (Å²) in [6.07, 6.45) is 3.31. The lowest BCUT2D eigenvalue weighted by molar-refractivity contribution is -0.142. The van der Waals surface area contributed by atoms with Crippen LogP contribution in [0.1, 0.15) is 32.6 Å². The minimum atomic E-state index is -1.05. The molecule has 1 saturated heterocycles. The van der Waals surface area contributed by atoms with E-state index in [1.54, 1.807) is 6.08 Å². The number of unbranched alkanes of at least 4 members (excludes halogenated alkanes) is 1. The molecule has 0 amide bonds. The third-order valence-electron chi connectivity index (χ3n) is 4.19. The van der Waals surface area contributed by atoms with E-state index in [-0.39, 0.29) is 17.9 Å². The molecule has 3 atom stereocenters. The number of hydrogen-bond donors (Lipinski definition) is 4. The molecule has 0 radical (unpaired) electrons. The molecule has 1 aliphatic rings. The van der Waals surface area contributed by atoms with Crippen LogP contribution in [0.15, 0.2) is 23.8 Å². The van der Waals surface area contributed by atoms with Gasteiger partial charge in [-0.1, -0.05) is 18.2 Å². The number of carboxylic acid groups (broad SMARTS) is 3. The largest absolute Gasteiger partial charge is 0.481 e. The molecule has 1 rings (SSSR count). The molecule has 0 bridgehead atoms. The van der Waals surface area contributed by atoms with Gasteiger partial charge in [0, 0.05) is 18.0 Å². The van der Waals surface area contributed by atoms with E-state index >= 15 is 0 Å². The van der Waals surface area contributed by atoms with Crippen molar-refractivity contribution in [1.82, 2.24) is 5.32 Å². The summed E-state index contributed by atoms with van der Waals surface area (Å²) in [4.78, 5) is 32.9. The fourth-order valence-corrected chi connectivity index (χ4v) is 2.89. The number of carbonyl (C=O) groups is 3. The maximum atomic E-state index is 11.2. The van der Waals surface area contributed by atoms with Gasteiger partial charge in [-0.3, -0.25) is 9.59 Å². The van der Waals surface area contributed by atoms with Gasteiger partial charge in [0.05, 0.1) is 6.42 Å². The van der Waals surface area contributed by atoms with Gasteiger partial charge in [-0.25, -0.2) is 4.79 Å². The van der Waals surface area contributed by atoms with Crippen LogP contribution in [-0.4, -0.2) is 45.8 Å². The van der Waals surface area contributed by atoms with Crippen molar-refractivity contribution in [2.75, 3.05) is 6.54 Å². The summed E-state index contributed by atoms with van der Waals surface area (Å²) >= 11 is 0. The predicted octanol–water partition coefficient (Wildman–Crippen LogP) is 1.51. The molecule has 1 fully saturated rings. The van der Waals surface area contributed by atoms with Crippen molar-refractivity contribution in [3.05, 3.63) is 23.8 Å². The molecule has 0 aromatic heterocycles. The minimum absolute atomic E-state index is 0.197. The van der Waals surface area contributed by atoms with E-state index in [9.17, 15) is 19.5 Å². The molecular formula is C16H23NO6. The highest BCUT2D eigenvalue weighted by Gasteiger charge is 2.41. The Morgan fingerprint density at radius 3 is 2.43 bits per heavy atom. The third kappa shape index (κ3) is 5.52. The van der Waals surface area contributed by atoms with E-state index in [0.29, 0.717) is 25.8 Å². The van der Waals surface area contributed by atoms with E-state index in [2.05, 4.69) is 11.9 Å². The maximum Gasteiger partial charge on any atom is 0.330 e. The van der Waals surface area contributed by atoms with Crippen LogP contribution < -0.4 is 5.32 Å². The van der Waals surface area contributed by atoms with Gasteiger partial charge in [-0.2, -0.15) is 0 Å². The van der Waals surface area contributed by atoms with Crippen LogP contribution in [0, 0.1) is 11.8 Å². The molecule has 0 unspecified atom stereocenters. The van der Waals surface area contributed by atoms with Gasteiger partial charge in [0.1, 0.15) is 6.04 Å². The molecule has 7 nitrogen and oxygen atoms in total. The van der Waals surface area contributed by atoms with E-state index in [1.807, 2.05) is 0 Å². The second-order valence-corrected chi connectivity index (χ2v) is 5.84. The number of aliphatic carboxylic acids is 3. The summed E-state index contributed by atoms with van der Waals surface area (Å²) in [6.45, 7) is 5.90. The van der Waals surface area contributed by atoms with Crippen LogP contribution in [0.25, 0.3) is 0 Å². The average Bonchev–Trinajstić information content (AvgIpc) is 2.85. The number of nitrogens with one attached hydrogen (secondary N) is 1. The predicted molar refractivity (Wildman–Crippen MR) is 83.0 cm³/mol. The zero-order chi connectivity index (χ0) is 17.6. The van der Waals surface area contributed by atoms with Crippen molar-refractivity contribution in [3.63, 3.8) is 0 Å². The molecule has 0 saturated carbocycles. The summed E-state index contributed by atoms with van der Waals surface area (Å²) in [5.41, 5.74) is 1.10. The molecule has 23 heavy (non-hydrogen) atoms. The first kappa shape index (κ1) is 18.9. The summed E-state index contributed by atoms with van der Waals surface area (Å²) in [5.74, 6) is -3.74. The summed E-state index contributed by atoms with van der Waals surface area (Å²) in [7, 11) is 0. The topological polar surface area (TPSA) is 124 Å². The van der Waals surface area contributed by atoms with E-state index in [4.69, 9.17) is 10.2 Å². The van der Waals surface area contributed by atoms with Crippen LogP contribution in [0.4, 0.5) is 0 Å². The van der Waals surface area contributed by atoms with Crippen molar-refractivity contribution < 1.29 is 29.7 Å². The number of rotatable bonds is 9. The Labute approximate surface area is 134 Å². The first-order chi connectivity index (χ1) is 10.7. The Hall–Kier alpha value is -2.15. The zero-order valence-electron chi connectivity index (χ0n) is 13.1. The lowest BCUT2D eigenvalue weighted by Gasteiger charge is -2.22. The fourth-order valence-electron chi connectivity index (χ4n) is 2.89. The fraction of sp³-hybridized carbons (Fsp3) is 0.562. The number of allylic oxidation sites excluding steroid dienone is 1. The van der Waals surface area contributed by atoms with Crippen molar-refractivity contribution >= 4 is 17.9 Å². The molecular weight excluding hydrogens is 302 g/mol. The Balaban J connectivity index is 2.60. The van der Waals surface area contributed by atoms with Gasteiger partial charge < -0.3 is 20.6 Å². The van der Waals surface area contributed by atoms with Gasteiger partial charge >= 0.3 is 17.9 Å². The van der Waals surface area contributed by atoms with Crippen LogP contribution in [-0.2, 0) is 14.4 Å². The van der Waals surface area contributed by atoms with Crippen LogP contribution >= 0.6 is 0 Å². The summed E-state index contributed by atoms with van der Waals surface area (Å²) in [6, 6.07) is -0.873. The van der Waals surface area contributed by atoms with Gasteiger partial charge in [0.15, 0.2) is 0 Å². The summed E-state index contributed by atoms with van der Waals surface area (Å²) < 4.78 is 0. The number of carboxylic acids is 3. The van der Waals surface area contributed by atoms with Crippen molar-refractivity contribution in [2.24, 2.45) is 11.8 Å². The van der Waals surface area contributed by atoms with Crippen LogP contribution in [0.5, 0.6) is 0 Å². The highest BCUT2D eigenvalue weighted by molar-refractivity contribution is 5.85. The quantitative estimate of drug-likeness (QED) is 0.288. The Morgan fingerprint density at radius 1 is 1.26 bits per heavy atom. The highest BCUT2D eigenvalue weighted by Crippen LogP contribution is 2.33. The third-order valence-corrected chi connectivity index (χ3v) is 4.19. The molecule has 1 aliphatic heterocycles. The number of hydrogen-bond acceptors (Lipinski definition) is 4. The SMILES string of the molecule is C=C(CCC/C=C(\C)C(=O)O)[C@H]1CN[C@H](C(=O)O)[C@H]1CC(=O)O. The molecule has 0 aliphatic carbocycles. The van der Waals surface area contributed by atoms with E-state index in [1.165, 1.54) is 6.92 Å². The lowest BCUT2D eigenvalue weighted by atomic mass is 9.81. The zero-order valence-corrected chi connectivity index (χ0v) is 13.1. The molecule has 7 heteroatoms. The van der Waals surface area contributed by atoms with Gasteiger partial charge in [-0.05, 0) is 32.1 Å². The standard InChI is InChI=1S/C16H23NO6/c1-9(5-3-4-6-10(2)15(20)21)12-8-17-14(16(22)23)11(12)7-13(18)19/h6,11-12,14,17H,1,3-5,7-8H2,2H3,(H,18,19)(H,20,21)(H,22,23)/b10-6+/t11-,12+,14-/m0/s1. The molecule has 0 aromatic carbocycles. The normalized spacial score (nSPS) is 24.4. The average molecular weight is 325 g/mol. The summed E-state index contributed by atoms with van der Waals surface area (Å²) in [5, 5.41) is 29.8. The molecule has 0 aromatic rings. The second kappa shape index (κ2) is 8.47. The highest BCUT2D eigenvalue weighted by atomic mass is 16.4. The minimum Gasteiger partial charge on any atom is -0.481 e. The first-order valence-electron chi connectivity index (χ1n) is 7.49. The molecule has 0 spiro atoms. The van der Waals surface area contributed by atoms with Crippen LogP contribution in [0.3, 0.4) is 0 Å². The Morgan fingerprint density at radius 2 is 1.91 bits per heavy atom. The molecule has 1 heterocycles. The van der Waals surface area contributed by atoms with Crippen molar-refractivity contribution in [1.29, 1.82) is 0 Å². The second-order valence-electron chi connectivity index (χ2n) is 5.84. The monoisotopic (exact) mass is 325 g/mol.